The van der Waals surface area contributed by atoms with E-state index in [2.05, 4.69) is 24.1 Å². The summed E-state index contributed by atoms with van der Waals surface area (Å²) in [4.78, 5) is 30.8. The molecule has 7 heteroatoms. The van der Waals surface area contributed by atoms with Crippen LogP contribution < -0.4 is 5.32 Å². The Morgan fingerprint density at radius 1 is 1.39 bits per heavy atom. The minimum Gasteiger partial charge on any atom is -0.352 e. The number of hydrogen-bond donors (Lipinski definition) is 1. The SMILES string of the molecule is CC(C)CC[C@@H](C)NC(=O)[C@@H]1CSCN1C(=O)c1cn(C)cn1. The fourth-order valence-electron chi connectivity index (χ4n) is 2.52. The highest BCUT2D eigenvalue weighted by atomic mass is 32.2. The molecule has 0 saturated carbocycles. The largest absolute Gasteiger partial charge is 0.352 e. The summed E-state index contributed by atoms with van der Waals surface area (Å²) in [5.74, 6) is 1.56. The number of imidazole rings is 1. The van der Waals surface area contributed by atoms with Gasteiger partial charge in [-0.05, 0) is 25.7 Å². The van der Waals surface area contributed by atoms with Crippen molar-refractivity contribution >= 4 is 23.6 Å². The highest BCUT2D eigenvalue weighted by Crippen LogP contribution is 2.23. The first-order valence-corrected chi connectivity index (χ1v) is 9.21. The van der Waals surface area contributed by atoms with Crippen LogP contribution in [0.25, 0.3) is 0 Å². The zero-order valence-corrected chi connectivity index (χ0v) is 15.1. The van der Waals surface area contributed by atoms with Crippen LogP contribution in [-0.4, -0.2) is 50.0 Å². The van der Waals surface area contributed by atoms with Crippen LogP contribution in [0, 0.1) is 5.92 Å². The lowest BCUT2D eigenvalue weighted by Gasteiger charge is -2.24. The second-order valence-electron chi connectivity index (χ2n) is 6.60. The maximum atomic E-state index is 12.5. The molecule has 1 aliphatic heterocycles. The van der Waals surface area contributed by atoms with E-state index in [-0.39, 0.29) is 17.9 Å². The third-order valence-corrected chi connectivity index (χ3v) is 4.95. The molecule has 0 bridgehead atoms. The Morgan fingerprint density at radius 3 is 2.74 bits per heavy atom. The number of carbonyl (C=O) groups is 2. The topological polar surface area (TPSA) is 67.2 Å². The molecule has 1 fully saturated rings. The standard InChI is InChI=1S/C16H26N4O2S/c1-11(2)5-6-12(3)18-15(21)14-8-23-10-20(14)16(22)13-7-19(4)9-17-13/h7,9,11-12,14H,5-6,8,10H2,1-4H3,(H,18,21)/t12-,14+/m1/s1. The minimum absolute atomic E-state index is 0.0597. The fourth-order valence-corrected chi connectivity index (χ4v) is 3.68. The van der Waals surface area contributed by atoms with Crippen LogP contribution in [0.1, 0.15) is 44.1 Å². The van der Waals surface area contributed by atoms with Crippen molar-refractivity contribution < 1.29 is 9.59 Å². The van der Waals surface area contributed by atoms with Crippen LogP contribution in [0.5, 0.6) is 0 Å². The molecule has 2 heterocycles. The maximum Gasteiger partial charge on any atom is 0.275 e. The molecule has 6 nitrogen and oxygen atoms in total. The Labute approximate surface area is 142 Å². The third kappa shape index (κ3) is 4.73. The quantitative estimate of drug-likeness (QED) is 0.860. The van der Waals surface area contributed by atoms with E-state index in [1.165, 1.54) is 0 Å². The van der Waals surface area contributed by atoms with Crippen molar-refractivity contribution in [1.29, 1.82) is 0 Å². The van der Waals surface area contributed by atoms with Gasteiger partial charge >= 0.3 is 0 Å². The van der Waals surface area contributed by atoms with Gasteiger partial charge in [0.2, 0.25) is 5.91 Å². The average molecular weight is 338 g/mol. The third-order valence-electron chi connectivity index (χ3n) is 3.94. The van der Waals surface area contributed by atoms with Crippen molar-refractivity contribution in [3.05, 3.63) is 18.2 Å². The molecule has 2 rings (SSSR count). The van der Waals surface area contributed by atoms with Crippen LogP contribution in [0.3, 0.4) is 0 Å². The highest BCUT2D eigenvalue weighted by Gasteiger charge is 2.36. The van der Waals surface area contributed by atoms with Gasteiger partial charge in [-0.2, -0.15) is 0 Å². The van der Waals surface area contributed by atoms with Gasteiger partial charge in [0.15, 0.2) is 0 Å². The number of thioether (sulfide) groups is 1. The van der Waals surface area contributed by atoms with E-state index in [1.54, 1.807) is 33.8 Å². The summed E-state index contributed by atoms with van der Waals surface area (Å²) in [6.45, 7) is 6.37. The molecule has 1 aromatic rings. The summed E-state index contributed by atoms with van der Waals surface area (Å²) in [7, 11) is 1.82. The molecule has 23 heavy (non-hydrogen) atoms. The molecule has 1 aliphatic rings. The summed E-state index contributed by atoms with van der Waals surface area (Å²) in [5.41, 5.74) is 0.389. The van der Waals surface area contributed by atoms with Gasteiger partial charge in [0.1, 0.15) is 11.7 Å². The predicted octanol–water partition coefficient (Wildman–Crippen LogP) is 1.88. The van der Waals surface area contributed by atoms with Gasteiger partial charge in [-0.25, -0.2) is 4.98 Å². The van der Waals surface area contributed by atoms with E-state index < -0.39 is 6.04 Å². The van der Waals surface area contributed by atoms with Gasteiger partial charge < -0.3 is 14.8 Å². The molecule has 0 unspecified atom stereocenters. The number of amides is 2. The number of aryl methyl sites for hydroxylation is 1. The molecule has 1 aromatic heterocycles. The normalized spacial score (nSPS) is 19.2. The Balaban J connectivity index is 1.95. The molecule has 2 amide bonds. The van der Waals surface area contributed by atoms with E-state index in [0.717, 1.165) is 12.8 Å². The second-order valence-corrected chi connectivity index (χ2v) is 7.60. The summed E-state index contributed by atoms with van der Waals surface area (Å²) < 4.78 is 1.74. The fraction of sp³-hybridized carbons (Fsp3) is 0.688. The van der Waals surface area contributed by atoms with Crippen molar-refractivity contribution in [1.82, 2.24) is 19.8 Å². The molecule has 128 valence electrons. The Kier molecular flexibility index (Phi) is 6.10. The van der Waals surface area contributed by atoms with Crippen molar-refractivity contribution in [2.45, 2.75) is 45.7 Å². The van der Waals surface area contributed by atoms with Crippen molar-refractivity contribution in [3.63, 3.8) is 0 Å². The van der Waals surface area contributed by atoms with Gasteiger partial charge in [0.25, 0.3) is 5.91 Å². The number of nitrogens with zero attached hydrogens (tertiary/aromatic N) is 3. The molecule has 2 atom stereocenters. The molecular weight excluding hydrogens is 312 g/mol. The van der Waals surface area contributed by atoms with Crippen LogP contribution >= 0.6 is 11.8 Å². The number of hydrogen-bond acceptors (Lipinski definition) is 4. The smallest absolute Gasteiger partial charge is 0.275 e. The van der Waals surface area contributed by atoms with Crippen LogP contribution in [-0.2, 0) is 11.8 Å². The molecule has 0 radical (unpaired) electrons. The first-order valence-electron chi connectivity index (χ1n) is 8.05. The zero-order chi connectivity index (χ0) is 17.0. The van der Waals surface area contributed by atoms with E-state index in [4.69, 9.17) is 0 Å². The lowest BCUT2D eigenvalue weighted by Crippen LogP contribution is -2.49. The van der Waals surface area contributed by atoms with Gasteiger partial charge in [0.05, 0.1) is 12.2 Å². The molecule has 1 N–H and O–H groups in total. The molecular formula is C16H26N4O2S. The van der Waals surface area contributed by atoms with Gasteiger partial charge in [-0.3, -0.25) is 9.59 Å². The predicted molar refractivity (Wildman–Crippen MR) is 92.2 cm³/mol. The van der Waals surface area contributed by atoms with Crippen molar-refractivity contribution in [2.24, 2.45) is 13.0 Å². The molecule has 0 aromatic carbocycles. The van der Waals surface area contributed by atoms with E-state index in [0.29, 0.717) is 23.2 Å². The number of carbonyl (C=O) groups excluding carboxylic acids is 2. The maximum absolute atomic E-state index is 12.5. The Bertz CT molecular complexity index is 558. The first-order chi connectivity index (χ1) is 10.9. The van der Waals surface area contributed by atoms with Crippen molar-refractivity contribution in [2.75, 3.05) is 11.6 Å². The van der Waals surface area contributed by atoms with E-state index in [9.17, 15) is 9.59 Å². The number of aromatic nitrogens is 2. The first kappa shape index (κ1) is 17.8. The Morgan fingerprint density at radius 2 is 2.13 bits per heavy atom. The van der Waals surface area contributed by atoms with E-state index >= 15 is 0 Å². The summed E-state index contributed by atoms with van der Waals surface area (Å²) in [6.07, 6.45) is 5.32. The van der Waals surface area contributed by atoms with Gasteiger partial charge in [-0.1, -0.05) is 13.8 Å². The molecule has 0 aliphatic carbocycles. The van der Waals surface area contributed by atoms with Crippen LogP contribution in [0.2, 0.25) is 0 Å². The summed E-state index contributed by atoms with van der Waals surface area (Å²) in [5, 5.41) is 3.05. The molecule has 1 saturated heterocycles. The average Bonchev–Trinajstić information content (AvgIpc) is 3.13. The second kappa shape index (κ2) is 7.86. The van der Waals surface area contributed by atoms with Gasteiger partial charge in [-0.15, -0.1) is 11.8 Å². The Hall–Kier alpha value is -1.50. The summed E-state index contributed by atoms with van der Waals surface area (Å²) in [6, 6.07) is -0.279. The zero-order valence-electron chi connectivity index (χ0n) is 14.3. The van der Waals surface area contributed by atoms with E-state index in [1.807, 2.05) is 14.0 Å². The number of rotatable bonds is 6. The van der Waals surface area contributed by atoms with Crippen LogP contribution in [0.4, 0.5) is 0 Å². The lowest BCUT2D eigenvalue weighted by molar-refractivity contribution is -0.125. The van der Waals surface area contributed by atoms with Crippen molar-refractivity contribution in [3.8, 4) is 0 Å². The summed E-state index contributed by atoms with van der Waals surface area (Å²) >= 11 is 1.60. The van der Waals surface area contributed by atoms with Crippen LogP contribution in [0.15, 0.2) is 12.5 Å². The van der Waals surface area contributed by atoms with Gasteiger partial charge in [0, 0.05) is 25.0 Å². The monoisotopic (exact) mass is 338 g/mol. The highest BCUT2D eigenvalue weighted by molar-refractivity contribution is 7.99. The minimum atomic E-state index is -0.406. The lowest BCUT2D eigenvalue weighted by atomic mass is 10.0. The molecule has 0 spiro atoms. The number of nitrogens with one attached hydrogen (secondary N) is 1.